The molecule has 2 rings (SSSR count). The molecule has 0 saturated heterocycles. The Labute approximate surface area is 138 Å². The summed E-state index contributed by atoms with van der Waals surface area (Å²) in [5, 5.41) is 10.8. The highest BCUT2D eigenvalue weighted by Gasteiger charge is 2.36. The predicted octanol–water partition coefficient (Wildman–Crippen LogP) is 5.53. The molecule has 0 heterocycles. The van der Waals surface area contributed by atoms with Crippen LogP contribution in [0.5, 0.6) is 0 Å². The highest BCUT2D eigenvalue weighted by atomic mass is 19.4. The van der Waals surface area contributed by atoms with Crippen molar-refractivity contribution in [2.24, 2.45) is 0 Å². The van der Waals surface area contributed by atoms with Crippen molar-refractivity contribution >= 4 is 5.69 Å². The van der Waals surface area contributed by atoms with E-state index >= 15 is 0 Å². The Morgan fingerprint density at radius 2 is 1.40 bits per heavy atom. The van der Waals surface area contributed by atoms with Gasteiger partial charge in [0, 0.05) is 11.6 Å². The molecule has 9 heteroatoms. The van der Waals surface area contributed by atoms with Crippen molar-refractivity contribution < 1.29 is 31.3 Å². The summed E-state index contributed by atoms with van der Waals surface area (Å²) in [7, 11) is 0. The van der Waals surface area contributed by atoms with Gasteiger partial charge in [0.2, 0.25) is 0 Å². The lowest BCUT2D eigenvalue weighted by atomic mass is 9.98. The van der Waals surface area contributed by atoms with E-state index in [9.17, 15) is 36.5 Å². The highest BCUT2D eigenvalue weighted by molar-refractivity contribution is 5.44. The fourth-order valence-electron chi connectivity index (χ4n) is 2.39. The quantitative estimate of drug-likeness (QED) is 0.409. The molecule has 0 spiro atoms. The first-order valence-electron chi connectivity index (χ1n) is 6.90. The SMILES string of the molecule is Cc1cc(Cc2cc(C(F)(F)F)cc(C(F)(F)F)c2)ccc1[N+](=O)[O-]. The van der Waals surface area contributed by atoms with Crippen LogP contribution in [0.15, 0.2) is 36.4 Å². The molecule has 134 valence electrons. The molecule has 0 fully saturated rings. The smallest absolute Gasteiger partial charge is 0.258 e. The van der Waals surface area contributed by atoms with Crippen LogP contribution >= 0.6 is 0 Å². The molecule has 0 saturated carbocycles. The van der Waals surface area contributed by atoms with Crippen LogP contribution in [0.25, 0.3) is 0 Å². The Balaban J connectivity index is 2.45. The molecule has 3 nitrogen and oxygen atoms in total. The largest absolute Gasteiger partial charge is 0.416 e. The number of aryl methyl sites for hydroxylation is 1. The summed E-state index contributed by atoms with van der Waals surface area (Å²) < 4.78 is 77.0. The molecule has 0 radical (unpaired) electrons. The van der Waals surface area contributed by atoms with E-state index in [1.807, 2.05) is 0 Å². The van der Waals surface area contributed by atoms with E-state index in [0.717, 1.165) is 0 Å². The molecule has 0 aliphatic carbocycles. The van der Waals surface area contributed by atoms with Crippen LogP contribution in [0, 0.1) is 17.0 Å². The van der Waals surface area contributed by atoms with Crippen LogP contribution < -0.4 is 0 Å². The molecular weight excluding hydrogens is 352 g/mol. The van der Waals surface area contributed by atoms with Crippen molar-refractivity contribution in [2.45, 2.75) is 25.7 Å². The van der Waals surface area contributed by atoms with E-state index in [-0.39, 0.29) is 29.3 Å². The molecular formula is C16H11F6NO2. The van der Waals surface area contributed by atoms with Gasteiger partial charge in [-0.3, -0.25) is 10.1 Å². The summed E-state index contributed by atoms with van der Waals surface area (Å²) in [4.78, 5) is 10.1. The van der Waals surface area contributed by atoms with E-state index in [0.29, 0.717) is 17.7 Å². The van der Waals surface area contributed by atoms with E-state index in [1.54, 1.807) is 0 Å². The molecule has 2 aromatic rings. The predicted molar refractivity (Wildman–Crippen MR) is 77.1 cm³/mol. The van der Waals surface area contributed by atoms with Crippen LogP contribution in [-0.2, 0) is 18.8 Å². The van der Waals surface area contributed by atoms with Gasteiger partial charge in [0.05, 0.1) is 16.1 Å². The topological polar surface area (TPSA) is 43.1 Å². The molecule has 0 aromatic heterocycles. The normalized spacial score (nSPS) is 12.3. The second kappa shape index (κ2) is 6.38. The third kappa shape index (κ3) is 4.49. The summed E-state index contributed by atoms with van der Waals surface area (Å²) in [6, 6.07) is 5.19. The minimum atomic E-state index is -4.92. The van der Waals surface area contributed by atoms with Gasteiger partial charge in [0.15, 0.2) is 0 Å². The summed E-state index contributed by atoms with van der Waals surface area (Å²) >= 11 is 0. The van der Waals surface area contributed by atoms with E-state index in [2.05, 4.69) is 0 Å². The number of alkyl halides is 6. The maximum Gasteiger partial charge on any atom is 0.416 e. The zero-order valence-electron chi connectivity index (χ0n) is 12.7. The monoisotopic (exact) mass is 363 g/mol. The minimum Gasteiger partial charge on any atom is -0.258 e. The van der Waals surface area contributed by atoms with E-state index in [4.69, 9.17) is 0 Å². The number of benzene rings is 2. The minimum absolute atomic E-state index is 0.0601. The van der Waals surface area contributed by atoms with Gasteiger partial charge in [-0.1, -0.05) is 6.07 Å². The lowest BCUT2D eigenvalue weighted by molar-refractivity contribution is -0.385. The molecule has 0 N–H and O–H groups in total. The fourth-order valence-corrected chi connectivity index (χ4v) is 2.39. The molecule has 25 heavy (non-hydrogen) atoms. The average Bonchev–Trinajstić information content (AvgIpc) is 2.44. The van der Waals surface area contributed by atoms with Crippen molar-refractivity contribution in [3.63, 3.8) is 0 Å². The molecule has 0 unspecified atom stereocenters. The Hall–Kier alpha value is -2.58. The van der Waals surface area contributed by atoms with Crippen LogP contribution in [0.1, 0.15) is 27.8 Å². The number of nitro groups is 1. The molecule has 0 atom stereocenters. The van der Waals surface area contributed by atoms with Crippen LogP contribution in [0.4, 0.5) is 32.0 Å². The van der Waals surface area contributed by atoms with Gasteiger partial charge < -0.3 is 0 Å². The molecule has 0 aliphatic heterocycles. The Morgan fingerprint density at radius 1 is 0.880 bits per heavy atom. The van der Waals surface area contributed by atoms with Gasteiger partial charge in [0.1, 0.15) is 0 Å². The number of hydrogen-bond acceptors (Lipinski definition) is 2. The van der Waals surface area contributed by atoms with Gasteiger partial charge in [-0.25, -0.2) is 0 Å². The zero-order chi connectivity index (χ0) is 19.0. The Bertz CT molecular complexity index is 779. The lowest BCUT2D eigenvalue weighted by Gasteiger charge is -2.14. The molecule has 2 aromatic carbocycles. The first-order chi connectivity index (χ1) is 11.4. The number of halogens is 6. The van der Waals surface area contributed by atoms with Crippen molar-refractivity contribution in [2.75, 3.05) is 0 Å². The van der Waals surface area contributed by atoms with Gasteiger partial charge in [-0.2, -0.15) is 26.3 Å². The maximum atomic E-state index is 12.8. The van der Waals surface area contributed by atoms with Gasteiger partial charge in [0.25, 0.3) is 5.69 Å². The highest BCUT2D eigenvalue weighted by Crippen LogP contribution is 2.36. The average molecular weight is 363 g/mol. The van der Waals surface area contributed by atoms with Crippen LogP contribution in [0.3, 0.4) is 0 Å². The van der Waals surface area contributed by atoms with Gasteiger partial charge in [-0.15, -0.1) is 0 Å². The van der Waals surface area contributed by atoms with Gasteiger partial charge in [-0.05, 0) is 48.7 Å². The summed E-state index contributed by atoms with van der Waals surface area (Å²) in [5.41, 5.74) is -2.51. The van der Waals surface area contributed by atoms with Crippen molar-refractivity contribution in [1.82, 2.24) is 0 Å². The first kappa shape index (κ1) is 18.8. The number of rotatable bonds is 3. The lowest BCUT2D eigenvalue weighted by Crippen LogP contribution is -2.12. The molecule has 0 amide bonds. The van der Waals surface area contributed by atoms with Crippen molar-refractivity contribution in [3.05, 3.63) is 74.3 Å². The second-order valence-corrected chi connectivity index (χ2v) is 5.47. The summed E-state index contributed by atoms with van der Waals surface area (Å²) in [5.74, 6) is 0. The summed E-state index contributed by atoms with van der Waals surface area (Å²) in [6.07, 6.45) is -10.0. The summed E-state index contributed by atoms with van der Waals surface area (Å²) in [6.45, 7) is 1.44. The van der Waals surface area contributed by atoms with E-state index in [1.165, 1.54) is 25.1 Å². The van der Waals surface area contributed by atoms with E-state index < -0.39 is 28.4 Å². The fraction of sp³-hybridized carbons (Fsp3) is 0.250. The number of nitrogens with zero attached hydrogens (tertiary/aromatic N) is 1. The maximum absolute atomic E-state index is 12.8. The Morgan fingerprint density at radius 3 is 1.80 bits per heavy atom. The number of hydrogen-bond donors (Lipinski definition) is 0. The van der Waals surface area contributed by atoms with Crippen molar-refractivity contribution in [3.8, 4) is 0 Å². The molecule has 0 aliphatic rings. The number of nitro benzene ring substituents is 1. The zero-order valence-corrected chi connectivity index (χ0v) is 12.7. The Kier molecular flexibility index (Phi) is 4.79. The third-order valence-corrected chi connectivity index (χ3v) is 3.51. The van der Waals surface area contributed by atoms with Crippen LogP contribution in [-0.4, -0.2) is 4.92 Å². The van der Waals surface area contributed by atoms with Crippen LogP contribution in [0.2, 0.25) is 0 Å². The van der Waals surface area contributed by atoms with Gasteiger partial charge >= 0.3 is 12.4 Å². The van der Waals surface area contributed by atoms with Crippen molar-refractivity contribution in [1.29, 1.82) is 0 Å². The molecule has 0 bridgehead atoms. The second-order valence-electron chi connectivity index (χ2n) is 5.47. The standard InChI is InChI=1S/C16H11F6NO2/c1-9-4-10(2-3-14(9)23(24)25)5-11-6-12(15(17,18)19)8-13(7-11)16(20,21)22/h2-4,6-8H,5H2,1H3. The first-order valence-corrected chi connectivity index (χ1v) is 6.90. The third-order valence-electron chi connectivity index (χ3n) is 3.51.